The Balaban J connectivity index is 1.55. The lowest BCUT2D eigenvalue weighted by Gasteiger charge is -2.37. The summed E-state index contributed by atoms with van der Waals surface area (Å²) in [7, 11) is 0. The van der Waals surface area contributed by atoms with Crippen molar-refractivity contribution < 1.29 is 14.7 Å². The van der Waals surface area contributed by atoms with Gasteiger partial charge in [-0.3, -0.25) is 19.4 Å². The highest BCUT2D eigenvalue weighted by atomic mass is 16.4. The molecule has 0 aliphatic carbocycles. The summed E-state index contributed by atoms with van der Waals surface area (Å²) >= 11 is 0. The predicted octanol–water partition coefficient (Wildman–Crippen LogP) is 3.16. The largest absolute Gasteiger partial charge is 0.480 e. The van der Waals surface area contributed by atoms with Gasteiger partial charge in [-0.25, -0.2) is 0 Å². The highest BCUT2D eigenvalue weighted by molar-refractivity contribution is 5.96. The third kappa shape index (κ3) is 5.89. The van der Waals surface area contributed by atoms with E-state index >= 15 is 0 Å². The summed E-state index contributed by atoms with van der Waals surface area (Å²) in [6.45, 7) is 4.75. The molecule has 6 nitrogen and oxygen atoms in total. The van der Waals surface area contributed by atoms with E-state index in [0.717, 1.165) is 49.3 Å². The fourth-order valence-corrected chi connectivity index (χ4v) is 3.97. The smallest absolute Gasteiger partial charge is 0.317 e. The number of carboxylic acid groups (broad SMARTS) is 1. The van der Waals surface area contributed by atoms with Gasteiger partial charge in [0.2, 0.25) is 5.91 Å². The monoisotopic (exact) mass is 395 g/mol. The summed E-state index contributed by atoms with van der Waals surface area (Å²) in [4.78, 5) is 27.8. The molecule has 1 amide bonds. The summed E-state index contributed by atoms with van der Waals surface area (Å²) in [6.07, 6.45) is 1.77. The molecule has 2 aromatic carbocycles. The fraction of sp³-hybridized carbons (Fsp3) is 0.391. The van der Waals surface area contributed by atoms with E-state index in [1.54, 1.807) is 0 Å². The number of likely N-dealkylation sites (tertiary alicyclic amines) is 1. The third-order valence-electron chi connectivity index (χ3n) is 5.47. The number of aliphatic carboxylic acids is 1. The summed E-state index contributed by atoms with van der Waals surface area (Å²) in [5, 5.41) is 12.1. The Labute approximate surface area is 172 Å². The van der Waals surface area contributed by atoms with E-state index < -0.39 is 5.97 Å². The number of para-hydroxylation sites is 1. The normalized spacial score (nSPS) is 15.4. The maximum Gasteiger partial charge on any atom is 0.317 e. The molecule has 0 bridgehead atoms. The standard InChI is InChI=1S/C23H29N3O3/c1-2-26(17-23(28)29)19-12-14-25(15-13-19)16-22(27)24-21-11-7-6-10-20(21)18-8-4-3-5-9-18/h3-11,19H,2,12-17H2,1H3,(H,24,27)(H,28,29). The maximum atomic E-state index is 12.6. The average molecular weight is 396 g/mol. The zero-order valence-corrected chi connectivity index (χ0v) is 16.9. The van der Waals surface area contributed by atoms with E-state index in [1.807, 2.05) is 66.4 Å². The molecule has 0 unspecified atom stereocenters. The topological polar surface area (TPSA) is 72.9 Å². The Morgan fingerprint density at radius 2 is 1.72 bits per heavy atom. The van der Waals surface area contributed by atoms with Crippen LogP contribution in [0.1, 0.15) is 19.8 Å². The molecule has 154 valence electrons. The van der Waals surface area contributed by atoms with Gasteiger partial charge in [-0.2, -0.15) is 0 Å². The van der Waals surface area contributed by atoms with E-state index in [0.29, 0.717) is 6.54 Å². The highest BCUT2D eigenvalue weighted by Gasteiger charge is 2.26. The van der Waals surface area contributed by atoms with Crippen LogP contribution in [0.4, 0.5) is 5.69 Å². The van der Waals surface area contributed by atoms with Gasteiger partial charge in [0.15, 0.2) is 0 Å². The SMILES string of the molecule is CCN(CC(=O)O)C1CCN(CC(=O)Nc2ccccc2-c2ccccc2)CC1. The molecule has 0 atom stereocenters. The van der Waals surface area contributed by atoms with E-state index in [9.17, 15) is 9.59 Å². The number of benzene rings is 2. The van der Waals surface area contributed by atoms with E-state index in [1.165, 1.54) is 0 Å². The van der Waals surface area contributed by atoms with Crippen LogP contribution in [0.15, 0.2) is 54.6 Å². The number of hydrogen-bond acceptors (Lipinski definition) is 4. The Morgan fingerprint density at radius 3 is 2.38 bits per heavy atom. The maximum absolute atomic E-state index is 12.6. The van der Waals surface area contributed by atoms with Crippen LogP contribution in [0.5, 0.6) is 0 Å². The molecular formula is C23H29N3O3. The molecule has 1 aliphatic heterocycles. The van der Waals surface area contributed by atoms with Gasteiger partial charge in [-0.1, -0.05) is 55.5 Å². The number of carbonyl (C=O) groups excluding carboxylic acids is 1. The number of nitrogens with one attached hydrogen (secondary N) is 1. The van der Waals surface area contributed by atoms with E-state index in [-0.39, 0.29) is 18.5 Å². The molecule has 1 heterocycles. The number of nitrogens with zero attached hydrogens (tertiary/aromatic N) is 2. The summed E-state index contributed by atoms with van der Waals surface area (Å²) in [5.41, 5.74) is 2.90. The van der Waals surface area contributed by atoms with Crippen molar-refractivity contribution >= 4 is 17.6 Å². The van der Waals surface area contributed by atoms with Crippen LogP contribution in [-0.4, -0.2) is 65.5 Å². The quantitative estimate of drug-likeness (QED) is 0.718. The molecule has 0 spiro atoms. The number of rotatable bonds is 8. The van der Waals surface area contributed by atoms with Gasteiger partial charge >= 0.3 is 5.97 Å². The van der Waals surface area contributed by atoms with Gasteiger partial charge in [-0.05, 0) is 31.0 Å². The molecule has 0 aromatic heterocycles. The Kier molecular flexibility index (Phi) is 7.38. The Hall–Kier alpha value is -2.70. The molecule has 2 aromatic rings. The van der Waals surface area contributed by atoms with E-state index in [4.69, 9.17) is 5.11 Å². The van der Waals surface area contributed by atoms with Crippen LogP contribution >= 0.6 is 0 Å². The van der Waals surface area contributed by atoms with Crippen LogP contribution in [0.3, 0.4) is 0 Å². The molecule has 1 fully saturated rings. The molecule has 0 radical (unpaired) electrons. The number of amides is 1. The zero-order valence-electron chi connectivity index (χ0n) is 16.9. The van der Waals surface area contributed by atoms with Crippen LogP contribution in [-0.2, 0) is 9.59 Å². The van der Waals surface area contributed by atoms with Crippen molar-refractivity contribution in [2.24, 2.45) is 0 Å². The third-order valence-corrected chi connectivity index (χ3v) is 5.47. The summed E-state index contributed by atoms with van der Waals surface area (Å²) in [5.74, 6) is -0.810. The van der Waals surface area contributed by atoms with Crippen LogP contribution in [0.2, 0.25) is 0 Å². The number of carbonyl (C=O) groups is 2. The second-order valence-corrected chi connectivity index (χ2v) is 7.42. The van der Waals surface area contributed by atoms with Crippen LogP contribution < -0.4 is 5.32 Å². The fourth-order valence-electron chi connectivity index (χ4n) is 3.97. The molecule has 2 N–H and O–H groups in total. The summed E-state index contributed by atoms with van der Waals surface area (Å²) < 4.78 is 0. The minimum Gasteiger partial charge on any atom is -0.480 e. The molecule has 29 heavy (non-hydrogen) atoms. The van der Waals surface area contributed by atoms with Crippen molar-refractivity contribution in [1.82, 2.24) is 9.80 Å². The molecule has 0 saturated carbocycles. The first-order valence-corrected chi connectivity index (χ1v) is 10.2. The second-order valence-electron chi connectivity index (χ2n) is 7.42. The number of hydrogen-bond donors (Lipinski definition) is 2. The van der Waals surface area contributed by atoms with Crippen LogP contribution in [0.25, 0.3) is 11.1 Å². The van der Waals surface area contributed by atoms with Gasteiger partial charge < -0.3 is 10.4 Å². The minimum absolute atomic E-state index is 0.0234. The number of piperidine rings is 1. The molecular weight excluding hydrogens is 366 g/mol. The first-order valence-electron chi connectivity index (χ1n) is 10.2. The lowest BCUT2D eigenvalue weighted by molar-refractivity contribution is -0.139. The van der Waals surface area contributed by atoms with Crippen molar-refractivity contribution in [3.8, 4) is 11.1 Å². The predicted molar refractivity (Wildman–Crippen MR) is 115 cm³/mol. The number of anilines is 1. The highest BCUT2D eigenvalue weighted by Crippen LogP contribution is 2.27. The zero-order chi connectivity index (χ0) is 20.6. The minimum atomic E-state index is -0.786. The molecule has 1 saturated heterocycles. The Bertz CT molecular complexity index is 817. The van der Waals surface area contributed by atoms with E-state index in [2.05, 4.69) is 10.2 Å². The first-order chi connectivity index (χ1) is 14.1. The molecule has 1 aliphatic rings. The van der Waals surface area contributed by atoms with Gasteiger partial charge in [0, 0.05) is 30.4 Å². The van der Waals surface area contributed by atoms with Crippen molar-refractivity contribution in [3.63, 3.8) is 0 Å². The van der Waals surface area contributed by atoms with Crippen molar-refractivity contribution in [2.45, 2.75) is 25.8 Å². The van der Waals surface area contributed by atoms with Crippen LogP contribution in [0, 0.1) is 0 Å². The van der Waals surface area contributed by atoms with Crippen molar-refractivity contribution in [2.75, 3.05) is 38.0 Å². The first kappa shape index (κ1) is 21.0. The lowest BCUT2D eigenvalue weighted by Crippen LogP contribution is -2.48. The lowest BCUT2D eigenvalue weighted by atomic mass is 10.0. The number of likely N-dealkylation sites (N-methyl/N-ethyl adjacent to an activating group) is 1. The summed E-state index contributed by atoms with van der Waals surface area (Å²) in [6, 6.07) is 18.1. The Morgan fingerprint density at radius 1 is 1.07 bits per heavy atom. The molecule has 6 heteroatoms. The molecule has 3 rings (SSSR count). The van der Waals surface area contributed by atoms with Crippen molar-refractivity contribution in [3.05, 3.63) is 54.6 Å². The van der Waals surface area contributed by atoms with Gasteiger partial charge in [-0.15, -0.1) is 0 Å². The van der Waals surface area contributed by atoms with Gasteiger partial charge in [0.05, 0.1) is 13.1 Å². The van der Waals surface area contributed by atoms with Gasteiger partial charge in [0.25, 0.3) is 0 Å². The second kappa shape index (κ2) is 10.2. The van der Waals surface area contributed by atoms with Gasteiger partial charge in [0.1, 0.15) is 0 Å². The van der Waals surface area contributed by atoms with Crippen molar-refractivity contribution in [1.29, 1.82) is 0 Å². The average Bonchev–Trinajstić information content (AvgIpc) is 2.73. The number of carboxylic acids is 1.